The summed E-state index contributed by atoms with van der Waals surface area (Å²) in [4.78, 5) is 0. The Bertz CT molecular complexity index is 919. The molecular formula is C49H84O3. The van der Waals surface area contributed by atoms with Crippen LogP contribution in [0.2, 0.25) is 0 Å². The van der Waals surface area contributed by atoms with Crippen LogP contribution in [0.1, 0.15) is 237 Å². The molecule has 0 heterocycles. The van der Waals surface area contributed by atoms with Crippen molar-refractivity contribution >= 4 is 0 Å². The summed E-state index contributed by atoms with van der Waals surface area (Å²) in [5.74, 6) is 1.77. The van der Waals surface area contributed by atoms with Gasteiger partial charge in [0.15, 0.2) is 0 Å². The Morgan fingerprint density at radius 1 is 0.327 bits per heavy atom. The molecule has 298 valence electrons. The van der Waals surface area contributed by atoms with Crippen molar-refractivity contribution in [2.45, 2.75) is 225 Å². The minimum atomic E-state index is -0.649. The van der Waals surface area contributed by atoms with Gasteiger partial charge in [-0.05, 0) is 48.2 Å². The molecular weight excluding hydrogens is 637 g/mol. The van der Waals surface area contributed by atoms with Crippen LogP contribution < -0.4 is 9.47 Å². The number of hydrogen-bond donors (Lipinski definition) is 1. The first kappa shape index (κ1) is 46.2. The summed E-state index contributed by atoms with van der Waals surface area (Å²) in [6, 6.07) is 15.9. The van der Waals surface area contributed by atoms with Gasteiger partial charge in [0.2, 0.25) is 0 Å². The zero-order chi connectivity index (χ0) is 37.0. The minimum Gasteiger partial charge on any atom is -0.494 e. The lowest BCUT2D eigenvalue weighted by molar-refractivity contribution is 0.220. The molecule has 0 aliphatic heterocycles. The lowest BCUT2D eigenvalue weighted by atomic mass is 10.0. The first-order valence-electron chi connectivity index (χ1n) is 22.9. The molecule has 0 saturated carbocycles. The van der Waals surface area contributed by atoms with Crippen molar-refractivity contribution in [3.8, 4) is 11.5 Å². The van der Waals surface area contributed by atoms with Crippen LogP contribution in [0.3, 0.4) is 0 Å². The molecule has 0 aliphatic carbocycles. The van der Waals surface area contributed by atoms with Gasteiger partial charge in [0.05, 0.1) is 13.2 Å². The molecule has 2 aromatic rings. The fourth-order valence-corrected chi connectivity index (χ4v) is 7.37. The van der Waals surface area contributed by atoms with Gasteiger partial charge in [0.25, 0.3) is 0 Å². The maximum atomic E-state index is 11.0. The quantitative estimate of drug-likeness (QED) is 0.0702. The molecule has 0 saturated heterocycles. The van der Waals surface area contributed by atoms with Gasteiger partial charge in [0.1, 0.15) is 17.6 Å². The average Bonchev–Trinajstić information content (AvgIpc) is 3.17. The molecule has 2 rings (SSSR count). The van der Waals surface area contributed by atoms with E-state index < -0.39 is 6.10 Å². The van der Waals surface area contributed by atoms with E-state index >= 15 is 0 Å². The summed E-state index contributed by atoms with van der Waals surface area (Å²) in [6.45, 7) is 6.12. The molecule has 0 bridgehead atoms. The second kappa shape index (κ2) is 34.7. The monoisotopic (exact) mass is 721 g/mol. The molecule has 3 nitrogen and oxygen atoms in total. The van der Waals surface area contributed by atoms with Crippen LogP contribution in [0.5, 0.6) is 11.5 Å². The molecule has 3 heteroatoms. The third-order valence-electron chi connectivity index (χ3n) is 10.9. The highest BCUT2D eigenvalue weighted by Crippen LogP contribution is 2.26. The van der Waals surface area contributed by atoms with Crippen LogP contribution in [0.25, 0.3) is 0 Å². The van der Waals surface area contributed by atoms with Gasteiger partial charge in [-0.25, -0.2) is 0 Å². The van der Waals surface area contributed by atoms with Crippen LogP contribution in [-0.2, 0) is 0 Å². The zero-order valence-electron chi connectivity index (χ0n) is 34.5. The Balaban J connectivity index is 1.41. The Hall–Kier alpha value is -2.00. The van der Waals surface area contributed by atoms with Crippen LogP contribution in [-0.4, -0.2) is 18.3 Å². The highest BCUT2D eigenvalue weighted by Gasteiger charge is 2.11. The summed E-state index contributed by atoms with van der Waals surface area (Å²) < 4.78 is 12.0. The molecule has 2 aromatic carbocycles. The largest absolute Gasteiger partial charge is 0.494 e. The van der Waals surface area contributed by atoms with Crippen molar-refractivity contribution in [2.75, 3.05) is 13.2 Å². The highest BCUT2D eigenvalue weighted by molar-refractivity contribution is 5.36. The van der Waals surface area contributed by atoms with Crippen LogP contribution in [0.4, 0.5) is 0 Å². The molecule has 0 amide bonds. The number of hydrogen-bond acceptors (Lipinski definition) is 3. The van der Waals surface area contributed by atoms with Gasteiger partial charge in [-0.3, -0.25) is 0 Å². The first-order chi connectivity index (χ1) is 25.7. The van der Waals surface area contributed by atoms with Gasteiger partial charge >= 0.3 is 0 Å². The molecule has 0 radical (unpaired) electrons. The number of benzene rings is 2. The summed E-state index contributed by atoms with van der Waals surface area (Å²) in [5, 5.41) is 11.0. The molecule has 0 aliphatic rings. The predicted molar refractivity (Wildman–Crippen MR) is 227 cm³/mol. The van der Waals surface area contributed by atoms with Crippen molar-refractivity contribution in [1.82, 2.24) is 0 Å². The number of aliphatic hydroxyl groups excluding tert-OH is 1. The van der Waals surface area contributed by atoms with Gasteiger partial charge in [-0.1, -0.05) is 231 Å². The van der Waals surface area contributed by atoms with Gasteiger partial charge in [0, 0.05) is 0 Å². The van der Waals surface area contributed by atoms with E-state index in [1.165, 1.54) is 193 Å². The Morgan fingerprint density at radius 3 is 0.769 bits per heavy atom. The summed E-state index contributed by atoms with van der Waals surface area (Å²) in [7, 11) is 0. The lowest BCUT2D eigenvalue weighted by Gasteiger charge is -2.14. The van der Waals surface area contributed by atoms with Crippen molar-refractivity contribution in [1.29, 1.82) is 0 Å². The van der Waals surface area contributed by atoms with E-state index in [1.54, 1.807) is 0 Å². The Morgan fingerprint density at radius 2 is 0.538 bits per heavy atom. The number of ether oxygens (including phenoxy) is 2. The zero-order valence-corrected chi connectivity index (χ0v) is 34.5. The average molecular weight is 721 g/mol. The van der Waals surface area contributed by atoms with E-state index in [0.717, 1.165) is 48.7 Å². The second-order valence-corrected chi connectivity index (χ2v) is 15.8. The molecule has 0 aromatic heterocycles. The molecule has 0 atom stereocenters. The van der Waals surface area contributed by atoms with Gasteiger partial charge in [-0.2, -0.15) is 0 Å². The van der Waals surface area contributed by atoms with Crippen molar-refractivity contribution in [3.63, 3.8) is 0 Å². The number of aliphatic hydroxyl groups is 1. The van der Waals surface area contributed by atoms with Gasteiger partial charge in [-0.15, -0.1) is 0 Å². The summed E-state index contributed by atoms with van der Waals surface area (Å²) >= 11 is 0. The van der Waals surface area contributed by atoms with E-state index in [2.05, 4.69) is 13.8 Å². The van der Waals surface area contributed by atoms with Crippen LogP contribution in [0.15, 0.2) is 48.5 Å². The SMILES string of the molecule is CCCCCCCCCCCCCCCCCCOc1ccc(C(O)c2ccc(OCCCCCCCCCCCCCCCCCC)cc2)cc1. The van der Waals surface area contributed by atoms with E-state index in [4.69, 9.17) is 9.47 Å². The molecule has 0 unspecified atom stereocenters. The predicted octanol–water partition coefficient (Wildman–Crippen LogP) is 16.0. The molecule has 0 fully saturated rings. The second-order valence-electron chi connectivity index (χ2n) is 15.8. The van der Waals surface area contributed by atoms with Crippen LogP contribution >= 0.6 is 0 Å². The van der Waals surface area contributed by atoms with Crippen molar-refractivity contribution in [2.24, 2.45) is 0 Å². The normalized spacial score (nSPS) is 11.5. The summed E-state index contributed by atoms with van der Waals surface area (Å²) in [5.41, 5.74) is 1.77. The molecule has 0 spiro atoms. The van der Waals surface area contributed by atoms with Crippen LogP contribution in [0, 0.1) is 0 Å². The fraction of sp³-hybridized carbons (Fsp3) is 0.755. The Labute approximate surface area is 323 Å². The maximum Gasteiger partial charge on any atom is 0.119 e. The van der Waals surface area contributed by atoms with E-state index in [-0.39, 0.29) is 0 Å². The first-order valence-corrected chi connectivity index (χ1v) is 22.9. The smallest absolute Gasteiger partial charge is 0.119 e. The van der Waals surface area contributed by atoms with Crippen molar-refractivity contribution < 1.29 is 14.6 Å². The van der Waals surface area contributed by atoms with E-state index in [9.17, 15) is 5.11 Å². The van der Waals surface area contributed by atoms with Gasteiger partial charge < -0.3 is 14.6 Å². The van der Waals surface area contributed by atoms with E-state index in [0.29, 0.717) is 0 Å². The number of rotatable bonds is 38. The molecule has 52 heavy (non-hydrogen) atoms. The highest BCUT2D eigenvalue weighted by atomic mass is 16.5. The van der Waals surface area contributed by atoms with E-state index in [1.807, 2.05) is 48.5 Å². The topological polar surface area (TPSA) is 38.7 Å². The minimum absolute atomic E-state index is 0.649. The lowest BCUT2D eigenvalue weighted by Crippen LogP contribution is -2.02. The fourth-order valence-electron chi connectivity index (χ4n) is 7.37. The van der Waals surface area contributed by atoms with Crippen molar-refractivity contribution in [3.05, 3.63) is 59.7 Å². The standard InChI is InChI=1S/C49H84O3/c1-3-5-7-9-11-13-15-17-19-21-23-25-27-29-31-33-43-51-47-39-35-45(36-40-47)49(50)46-37-41-48(42-38-46)52-44-34-32-30-28-26-24-22-20-18-16-14-12-10-8-6-4-2/h35-42,49-50H,3-34,43-44H2,1-2H3. The summed E-state index contributed by atoms with van der Waals surface area (Å²) in [6.07, 6.45) is 43.5. The third-order valence-corrected chi connectivity index (χ3v) is 10.9. The number of unbranched alkanes of at least 4 members (excludes halogenated alkanes) is 30. The maximum absolute atomic E-state index is 11.0. The third kappa shape index (κ3) is 25.9. The Kier molecular flexibility index (Phi) is 30.8. The molecule has 1 N–H and O–H groups in total.